The SMILES string of the molecule is CCC1(C)CCSC(Nc2cc(F)c(Br)cc2F)=N1. The predicted molar refractivity (Wildman–Crippen MR) is 80.9 cm³/mol. The van der Waals surface area contributed by atoms with Crippen molar-refractivity contribution in [1.29, 1.82) is 0 Å². The van der Waals surface area contributed by atoms with Crippen LogP contribution >= 0.6 is 27.7 Å². The van der Waals surface area contributed by atoms with Crippen LogP contribution in [0.25, 0.3) is 0 Å². The van der Waals surface area contributed by atoms with Gasteiger partial charge in [0.1, 0.15) is 11.6 Å². The first-order chi connectivity index (χ1) is 8.93. The average molecular weight is 349 g/mol. The highest BCUT2D eigenvalue weighted by Gasteiger charge is 2.26. The Hall–Kier alpha value is -0.620. The number of nitrogens with one attached hydrogen (secondary N) is 1. The summed E-state index contributed by atoms with van der Waals surface area (Å²) in [6.45, 7) is 4.16. The molecule has 0 radical (unpaired) electrons. The smallest absolute Gasteiger partial charge is 0.161 e. The van der Waals surface area contributed by atoms with Gasteiger partial charge < -0.3 is 5.32 Å². The van der Waals surface area contributed by atoms with Gasteiger partial charge >= 0.3 is 0 Å². The normalized spacial score (nSPS) is 23.1. The Bertz CT molecular complexity index is 522. The topological polar surface area (TPSA) is 24.4 Å². The van der Waals surface area contributed by atoms with E-state index in [9.17, 15) is 8.78 Å². The molecule has 1 aromatic carbocycles. The van der Waals surface area contributed by atoms with E-state index in [-0.39, 0.29) is 15.7 Å². The highest BCUT2D eigenvalue weighted by atomic mass is 79.9. The molecule has 1 N–H and O–H groups in total. The number of nitrogens with zero attached hydrogens (tertiary/aromatic N) is 1. The van der Waals surface area contributed by atoms with E-state index in [4.69, 9.17) is 0 Å². The molecule has 0 aromatic heterocycles. The van der Waals surface area contributed by atoms with Crippen LogP contribution in [0, 0.1) is 11.6 Å². The molecule has 0 aliphatic carbocycles. The van der Waals surface area contributed by atoms with Gasteiger partial charge in [-0.1, -0.05) is 18.7 Å². The minimum absolute atomic E-state index is 0.113. The Labute approximate surface area is 124 Å². The van der Waals surface area contributed by atoms with Gasteiger partial charge in [0.25, 0.3) is 0 Å². The van der Waals surface area contributed by atoms with E-state index in [1.807, 2.05) is 0 Å². The van der Waals surface area contributed by atoms with Crippen LogP contribution in [0.15, 0.2) is 21.6 Å². The lowest BCUT2D eigenvalue weighted by atomic mass is 9.97. The molecule has 0 fully saturated rings. The Morgan fingerprint density at radius 1 is 1.42 bits per heavy atom. The van der Waals surface area contributed by atoms with E-state index in [0.29, 0.717) is 5.17 Å². The summed E-state index contributed by atoms with van der Waals surface area (Å²) in [4.78, 5) is 4.59. The molecule has 1 aromatic rings. The lowest BCUT2D eigenvalue weighted by molar-refractivity contribution is 0.443. The highest BCUT2D eigenvalue weighted by Crippen LogP contribution is 2.31. The van der Waals surface area contributed by atoms with Gasteiger partial charge in [-0.3, -0.25) is 4.99 Å². The first-order valence-corrected chi connectivity index (χ1v) is 7.85. The Balaban J connectivity index is 2.24. The van der Waals surface area contributed by atoms with Gasteiger partial charge in [-0.25, -0.2) is 8.78 Å². The van der Waals surface area contributed by atoms with E-state index in [2.05, 4.69) is 40.1 Å². The fourth-order valence-electron chi connectivity index (χ4n) is 1.75. The Kier molecular flexibility index (Phi) is 4.50. The van der Waals surface area contributed by atoms with Crippen LogP contribution in [0.2, 0.25) is 0 Å². The lowest BCUT2D eigenvalue weighted by Crippen LogP contribution is -2.29. The fraction of sp³-hybridized carbons (Fsp3) is 0.462. The second-order valence-electron chi connectivity index (χ2n) is 4.74. The van der Waals surface area contributed by atoms with Gasteiger partial charge in [-0.05, 0) is 41.8 Å². The number of hydrogen-bond acceptors (Lipinski definition) is 3. The van der Waals surface area contributed by atoms with E-state index >= 15 is 0 Å². The van der Waals surface area contributed by atoms with Crippen molar-refractivity contribution in [2.24, 2.45) is 4.99 Å². The molecular weight excluding hydrogens is 334 g/mol. The van der Waals surface area contributed by atoms with Crippen LogP contribution < -0.4 is 5.32 Å². The zero-order chi connectivity index (χ0) is 14.0. The summed E-state index contributed by atoms with van der Waals surface area (Å²) >= 11 is 4.49. The lowest BCUT2D eigenvalue weighted by Gasteiger charge is -2.29. The molecule has 19 heavy (non-hydrogen) atoms. The monoisotopic (exact) mass is 348 g/mol. The molecule has 6 heteroatoms. The van der Waals surface area contributed by atoms with Crippen LogP contribution in [0.5, 0.6) is 0 Å². The minimum atomic E-state index is -0.500. The van der Waals surface area contributed by atoms with Crippen molar-refractivity contribution in [3.8, 4) is 0 Å². The maximum absolute atomic E-state index is 13.7. The van der Waals surface area contributed by atoms with Crippen LogP contribution in [-0.4, -0.2) is 16.5 Å². The molecule has 2 nitrogen and oxygen atoms in total. The van der Waals surface area contributed by atoms with Gasteiger partial charge in [0.05, 0.1) is 15.7 Å². The Morgan fingerprint density at radius 2 is 2.16 bits per heavy atom. The maximum atomic E-state index is 13.7. The van der Waals surface area contributed by atoms with Crippen molar-refractivity contribution in [3.63, 3.8) is 0 Å². The number of benzene rings is 1. The van der Waals surface area contributed by atoms with Crippen molar-refractivity contribution in [3.05, 3.63) is 28.2 Å². The average Bonchev–Trinajstić information content (AvgIpc) is 2.36. The summed E-state index contributed by atoms with van der Waals surface area (Å²) in [5.74, 6) is -0.0690. The van der Waals surface area contributed by atoms with Crippen LogP contribution in [0.4, 0.5) is 14.5 Å². The molecule has 0 spiro atoms. The third-order valence-electron chi connectivity index (χ3n) is 3.26. The van der Waals surface area contributed by atoms with Gasteiger partial charge in [0.15, 0.2) is 5.17 Å². The quantitative estimate of drug-likeness (QED) is 0.776. The zero-order valence-corrected chi connectivity index (χ0v) is 13.2. The van der Waals surface area contributed by atoms with E-state index < -0.39 is 11.6 Å². The molecular formula is C13H15BrF2N2S. The van der Waals surface area contributed by atoms with Crippen molar-refractivity contribution in [2.75, 3.05) is 11.1 Å². The van der Waals surface area contributed by atoms with Gasteiger partial charge in [0.2, 0.25) is 0 Å². The van der Waals surface area contributed by atoms with Crippen LogP contribution in [0.3, 0.4) is 0 Å². The zero-order valence-electron chi connectivity index (χ0n) is 10.8. The van der Waals surface area contributed by atoms with Crippen molar-refractivity contribution in [2.45, 2.75) is 32.2 Å². The summed E-state index contributed by atoms with van der Waals surface area (Å²) in [6.07, 6.45) is 1.92. The van der Waals surface area contributed by atoms with E-state index in [0.717, 1.165) is 30.7 Å². The fourth-order valence-corrected chi connectivity index (χ4v) is 3.27. The molecule has 0 bridgehead atoms. The minimum Gasteiger partial charge on any atom is -0.332 e. The maximum Gasteiger partial charge on any atom is 0.161 e. The molecule has 0 amide bonds. The molecule has 1 unspecified atom stereocenters. The number of hydrogen-bond donors (Lipinski definition) is 1. The number of amidine groups is 1. The number of halogens is 3. The molecule has 1 aliphatic heterocycles. The van der Waals surface area contributed by atoms with Gasteiger partial charge in [0, 0.05) is 11.8 Å². The van der Waals surface area contributed by atoms with Crippen LogP contribution in [0.1, 0.15) is 26.7 Å². The number of anilines is 1. The summed E-state index contributed by atoms with van der Waals surface area (Å²) < 4.78 is 27.3. The third kappa shape index (κ3) is 3.48. The van der Waals surface area contributed by atoms with Crippen molar-refractivity contribution < 1.29 is 8.78 Å². The number of aliphatic imine (C=N–C) groups is 1. The van der Waals surface area contributed by atoms with E-state index in [1.54, 1.807) is 0 Å². The summed E-state index contributed by atoms with van der Waals surface area (Å²) in [5, 5.41) is 3.53. The summed E-state index contributed by atoms with van der Waals surface area (Å²) in [6, 6.07) is 2.26. The van der Waals surface area contributed by atoms with Gasteiger partial charge in [-0.2, -0.15) is 0 Å². The van der Waals surface area contributed by atoms with Crippen molar-refractivity contribution in [1.82, 2.24) is 0 Å². The highest BCUT2D eigenvalue weighted by molar-refractivity contribution is 9.10. The first kappa shape index (κ1) is 14.8. The second kappa shape index (κ2) is 5.79. The molecule has 1 atom stereocenters. The molecule has 1 heterocycles. The molecule has 1 aliphatic rings. The number of rotatable bonds is 2. The molecule has 104 valence electrons. The van der Waals surface area contributed by atoms with Crippen molar-refractivity contribution >= 4 is 38.5 Å². The number of thioether (sulfide) groups is 1. The molecule has 0 saturated heterocycles. The Morgan fingerprint density at radius 3 is 2.84 bits per heavy atom. The summed E-state index contributed by atoms with van der Waals surface area (Å²) in [7, 11) is 0. The summed E-state index contributed by atoms with van der Waals surface area (Å²) in [5.41, 5.74) is 0.00475. The predicted octanol–water partition coefficient (Wildman–Crippen LogP) is 4.80. The third-order valence-corrected chi connectivity index (χ3v) is 4.75. The van der Waals surface area contributed by atoms with Crippen LogP contribution in [-0.2, 0) is 0 Å². The standard InChI is InChI=1S/C13H15BrF2N2S/c1-3-13(2)4-5-19-12(18-13)17-11-7-9(15)8(14)6-10(11)16/h6-7H,3-5H2,1-2H3,(H,17,18). The van der Waals surface area contributed by atoms with E-state index in [1.165, 1.54) is 11.8 Å². The largest absolute Gasteiger partial charge is 0.332 e. The molecule has 0 saturated carbocycles. The first-order valence-electron chi connectivity index (χ1n) is 6.08. The van der Waals surface area contributed by atoms with Gasteiger partial charge in [-0.15, -0.1) is 0 Å². The second-order valence-corrected chi connectivity index (χ2v) is 6.68. The molecule has 2 rings (SSSR count).